The Morgan fingerprint density at radius 3 is 2.57 bits per heavy atom. The van der Waals surface area contributed by atoms with Crippen molar-refractivity contribution in [2.75, 3.05) is 0 Å². The van der Waals surface area contributed by atoms with Crippen LogP contribution in [0.2, 0.25) is 0 Å². The summed E-state index contributed by atoms with van der Waals surface area (Å²) in [4.78, 5) is 11.4. The molecule has 0 radical (unpaired) electrons. The molecule has 1 N–H and O–H groups in total. The average molecular weight is 285 g/mol. The second-order valence-electron chi connectivity index (χ2n) is 6.72. The lowest BCUT2D eigenvalue weighted by Crippen LogP contribution is -2.28. The van der Waals surface area contributed by atoms with Crippen LogP contribution in [-0.4, -0.2) is 15.6 Å². The molecule has 0 aliphatic heterocycles. The molecule has 0 spiro atoms. The molecule has 112 valence electrons. The van der Waals surface area contributed by atoms with Gasteiger partial charge in [0.15, 0.2) is 0 Å². The Morgan fingerprint density at radius 2 is 1.90 bits per heavy atom. The molecule has 1 aromatic heterocycles. The minimum absolute atomic E-state index is 0.606. The van der Waals surface area contributed by atoms with E-state index in [1.165, 1.54) is 37.6 Å². The summed E-state index contributed by atoms with van der Waals surface area (Å²) in [6.07, 6.45) is 8.66. The number of fused-ring (bicyclic) bond motifs is 1. The van der Waals surface area contributed by atoms with Crippen LogP contribution >= 0.6 is 0 Å². The summed E-state index contributed by atoms with van der Waals surface area (Å²) in [6, 6.07) is 8.81. The number of aromatic nitrogens is 1. The molecule has 0 bridgehead atoms. The second kappa shape index (κ2) is 5.21. The third-order valence-corrected chi connectivity index (χ3v) is 4.94. The molecule has 1 saturated carbocycles. The van der Waals surface area contributed by atoms with Gasteiger partial charge in [0.25, 0.3) is 0 Å². The van der Waals surface area contributed by atoms with E-state index in [0.29, 0.717) is 6.04 Å². The van der Waals surface area contributed by atoms with Crippen LogP contribution in [-0.2, 0) is 10.2 Å². The van der Waals surface area contributed by atoms with Crippen LogP contribution in [0, 0.1) is 0 Å². The van der Waals surface area contributed by atoms with E-state index in [1.807, 2.05) is 12.1 Å². The minimum Gasteiger partial charge on any atom is -0.481 e. The van der Waals surface area contributed by atoms with Crippen LogP contribution in [0.15, 0.2) is 30.5 Å². The van der Waals surface area contributed by atoms with Crippen molar-refractivity contribution in [3.8, 4) is 0 Å². The van der Waals surface area contributed by atoms with Gasteiger partial charge in [-0.1, -0.05) is 25.3 Å². The lowest BCUT2D eigenvalue weighted by atomic mass is 9.84. The van der Waals surface area contributed by atoms with Crippen LogP contribution in [0.5, 0.6) is 0 Å². The number of carboxylic acid groups (broad SMARTS) is 1. The summed E-state index contributed by atoms with van der Waals surface area (Å²) < 4.78 is 2.38. The molecule has 1 aliphatic carbocycles. The zero-order chi connectivity index (χ0) is 15.0. The number of carboxylic acids is 1. The highest BCUT2D eigenvalue weighted by Gasteiger charge is 2.29. The molecule has 3 rings (SSSR count). The summed E-state index contributed by atoms with van der Waals surface area (Å²) in [6.45, 7) is 3.52. The third-order valence-electron chi connectivity index (χ3n) is 4.94. The van der Waals surface area contributed by atoms with Gasteiger partial charge in [0.2, 0.25) is 0 Å². The van der Waals surface area contributed by atoms with Crippen LogP contribution in [0.25, 0.3) is 10.9 Å². The summed E-state index contributed by atoms with van der Waals surface area (Å²) in [7, 11) is 0. The number of nitrogens with zero attached hydrogens (tertiary/aromatic N) is 1. The van der Waals surface area contributed by atoms with E-state index >= 15 is 0 Å². The van der Waals surface area contributed by atoms with E-state index in [2.05, 4.69) is 22.9 Å². The first kappa shape index (κ1) is 14.2. The van der Waals surface area contributed by atoms with Crippen molar-refractivity contribution in [2.24, 2.45) is 0 Å². The fourth-order valence-electron chi connectivity index (χ4n) is 3.35. The molecule has 2 aromatic rings. The maximum absolute atomic E-state index is 11.4. The van der Waals surface area contributed by atoms with Gasteiger partial charge in [-0.2, -0.15) is 0 Å². The van der Waals surface area contributed by atoms with E-state index in [1.54, 1.807) is 13.8 Å². The third kappa shape index (κ3) is 2.45. The van der Waals surface area contributed by atoms with Crippen molar-refractivity contribution in [1.82, 2.24) is 4.57 Å². The van der Waals surface area contributed by atoms with Crippen molar-refractivity contribution in [1.29, 1.82) is 0 Å². The highest BCUT2D eigenvalue weighted by Crippen LogP contribution is 2.33. The number of carbonyl (C=O) groups is 1. The van der Waals surface area contributed by atoms with Crippen LogP contribution < -0.4 is 0 Å². The molecule has 0 amide bonds. The van der Waals surface area contributed by atoms with Crippen LogP contribution in [0.3, 0.4) is 0 Å². The lowest BCUT2D eigenvalue weighted by Gasteiger charge is -2.24. The molecule has 0 saturated heterocycles. The highest BCUT2D eigenvalue weighted by atomic mass is 16.4. The SMILES string of the molecule is CC(C)(C(=O)O)c1ccc2c(ccn2C2CCCCC2)c1. The first-order chi connectivity index (χ1) is 10.00. The maximum atomic E-state index is 11.4. The topological polar surface area (TPSA) is 42.2 Å². The van der Waals surface area contributed by atoms with Crippen molar-refractivity contribution in [2.45, 2.75) is 57.4 Å². The van der Waals surface area contributed by atoms with Crippen molar-refractivity contribution < 1.29 is 9.90 Å². The van der Waals surface area contributed by atoms with Crippen molar-refractivity contribution in [3.05, 3.63) is 36.0 Å². The molecule has 1 heterocycles. The standard InChI is InChI=1S/C18H23NO2/c1-18(2,17(20)21)14-8-9-16-13(12-14)10-11-19(16)15-6-4-3-5-7-15/h8-12,15H,3-7H2,1-2H3,(H,20,21). The average Bonchev–Trinajstić information content (AvgIpc) is 2.91. The van der Waals surface area contributed by atoms with Crippen molar-refractivity contribution >= 4 is 16.9 Å². The van der Waals surface area contributed by atoms with E-state index in [4.69, 9.17) is 0 Å². The molecular formula is C18H23NO2. The molecular weight excluding hydrogens is 262 g/mol. The molecule has 1 fully saturated rings. The number of benzene rings is 1. The first-order valence-electron chi connectivity index (χ1n) is 7.84. The predicted molar refractivity (Wildman–Crippen MR) is 84.7 cm³/mol. The first-order valence-corrected chi connectivity index (χ1v) is 7.84. The van der Waals surface area contributed by atoms with Gasteiger partial charge in [-0.05, 0) is 55.8 Å². The van der Waals surface area contributed by atoms with Gasteiger partial charge in [-0.15, -0.1) is 0 Å². The quantitative estimate of drug-likeness (QED) is 0.901. The number of hydrogen-bond donors (Lipinski definition) is 1. The number of rotatable bonds is 3. The van der Waals surface area contributed by atoms with Gasteiger partial charge < -0.3 is 9.67 Å². The van der Waals surface area contributed by atoms with Crippen LogP contribution in [0.1, 0.15) is 57.6 Å². The summed E-state index contributed by atoms with van der Waals surface area (Å²) in [5.74, 6) is -0.784. The highest BCUT2D eigenvalue weighted by molar-refractivity contribution is 5.85. The van der Waals surface area contributed by atoms with E-state index in [0.717, 1.165) is 10.9 Å². The molecule has 21 heavy (non-hydrogen) atoms. The Bertz CT molecular complexity index is 663. The zero-order valence-electron chi connectivity index (χ0n) is 12.8. The van der Waals surface area contributed by atoms with Gasteiger partial charge in [0.05, 0.1) is 5.41 Å². The Morgan fingerprint density at radius 1 is 1.19 bits per heavy atom. The van der Waals surface area contributed by atoms with Crippen molar-refractivity contribution in [3.63, 3.8) is 0 Å². The molecule has 1 aromatic carbocycles. The van der Waals surface area contributed by atoms with E-state index in [-0.39, 0.29) is 0 Å². The minimum atomic E-state index is -0.846. The van der Waals surface area contributed by atoms with E-state index in [9.17, 15) is 9.90 Å². The maximum Gasteiger partial charge on any atom is 0.313 e. The van der Waals surface area contributed by atoms with Gasteiger partial charge >= 0.3 is 5.97 Å². The molecule has 0 unspecified atom stereocenters. The van der Waals surface area contributed by atoms with Gasteiger partial charge in [-0.3, -0.25) is 4.79 Å². The van der Waals surface area contributed by atoms with Gasteiger partial charge in [0.1, 0.15) is 0 Å². The lowest BCUT2D eigenvalue weighted by molar-refractivity contribution is -0.142. The Hall–Kier alpha value is -1.77. The normalized spacial score (nSPS) is 17.2. The second-order valence-corrected chi connectivity index (χ2v) is 6.72. The fraction of sp³-hybridized carbons (Fsp3) is 0.500. The smallest absolute Gasteiger partial charge is 0.313 e. The number of aliphatic carboxylic acids is 1. The van der Waals surface area contributed by atoms with Crippen LogP contribution in [0.4, 0.5) is 0 Å². The molecule has 3 heteroatoms. The Balaban J connectivity index is 1.99. The largest absolute Gasteiger partial charge is 0.481 e. The zero-order valence-corrected chi connectivity index (χ0v) is 12.8. The molecule has 0 atom stereocenters. The number of hydrogen-bond acceptors (Lipinski definition) is 1. The molecule has 1 aliphatic rings. The monoisotopic (exact) mass is 285 g/mol. The Labute approximate surface area is 125 Å². The summed E-state index contributed by atoms with van der Waals surface area (Å²) in [5, 5.41) is 10.5. The van der Waals surface area contributed by atoms with E-state index < -0.39 is 11.4 Å². The fourth-order valence-corrected chi connectivity index (χ4v) is 3.35. The van der Waals surface area contributed by atoms with Gasteiger partial charge in [0, 0.05) is 17.8 Å². The van der Waals surface area contributed by atoms with Gasteiger partial charge in [-0.25, -0.2) is 0 Å². The Kier molecular flexibility index (Phi) is 3.52. The molecule has 3 nitrogen and oxygen atoms in total. The summed E-state index contributed by atoms with van der Waals surface area (Å²) >= 11 is 0. The summed E-state index contributed by atoms with van der Waals surface area (Å²) in [5.41, 5.74) is 1.25. The predicted octanol–water partition coefficient (Wildman–Crippen LogP) is 4.51.